The molecule has 0 bridgehead atoms. The number of morpholine rings is 1. The van der Waals surface area contributed by atoms with Gasteiger partial charge in [-0.25, -0.2) is 0 Å². The van der Waals surface area contributed by atoms with Gasteiger partial charge in [0.25, 0.3) is 0 Å². The molecule has 5 rings (SSSR count). The van der Waals surface area contributed by atoms with Crippen LogP contribution in [0.15, 0.2) is 30.3 Å². The van der Waals surface area contributed by atoms with Crippen molar-refractivity contribution in [3.05, 3.63) is 58.1 Å². The fourth-order valence-corrected chi connectivity index (χ4v) is 6.74. The number of hydrogen-bond acceptors (Lipinski definition) is 4. The van der Waals surface area contributed by atoms with Crippen LogP contribution in [0.25, 0.3) is 0 Å². The quantitative estimate of drug-likeness (QED) is 0.530. The minimum atomic E-state index is 0.319. The van der Waals surface area contributed by atoms with E-state index in [-0.39, 0.29) is 0 Å². The van der Waals surface area contributed by atoms with Crippen LogP contribution in [-0.4, -0.2) is 37.7 Å². The second-order valence-electron chi connectivity index (χ2n) is 10.5. The highest BCUT2D eigenvalue weighted by atomic mass is 16.5. The van der Waals surface area contributed by atoms with Crippen molar-refractivity contribution < 1.29 is 4.74 Å². The number of fused-ring (bicyclic) bond motifs is 3. The average molecular weight is 448 g/mol. The molecule has 178 valence electrons. The van der Waals surface area contributed by atoms with E-state index < -0.39 is 0 Å². The fourth-order valence-electron chi connectivity index (χ4n) is 6.74. The van der Waals surface area contributed by atoms with Crippen LogP contribution < -0.4 is 11.1 Å². The van der Waals surface area contributed by atoms with Gasteiger partial charge in [0.05, 0.1) is 30.1 Å². The molecular formula is C29H41N3O. The Hall–Kier alpha value is -2.04. The average Bonchev–Trinajstić information content (AvgIpc) is 3.22. The number of benzene rings is 2. The van der Waals surface area contributed by atoms with Crippen molar-refractivity contribution in [1.82, 2.24) is 4.90 Å². The second-order valence-corrected chi connectivity index (χ2v) is 10.5. The summed E-state index contributed by atoms with van der Waals surface area (Å²) < 4.78 is 6.31. The van der Waals surface area contributed by atoms with Gasteiger partial charge in [-0.15, -0.1) is 0 Å². The first-order valence-electron chi connectivity index (χ1n) is 13.2. The highest BCUT2D eigenvalue weighted by Crippen LogP contribution is 2.43. The second kappa shape index (κ2) is 9.68. The Morgan fingerprint density at radius 2 is 1.97 bits per heavy atom. The molecule has 2 fully saturated rings. The summed E-state index contributed by atoms with van der Waals surface area (Å²) in [5.41, 5.74) is 15.3. The minimum absolute atomic E-state index is 0.319. The van der Waals surface area contributed by atoms with Gasteiger partial charge in [-0.2, -0.15) is 0 Å². The van der Waals surface area contributed by atoms with Gasteiger partial charge in [0, 0.05) is 32.5 Å². The molecule has 4 nitrogen and oxygen atoms in total. The molecule has 3 atom stereocenters. The van der Waals surface area contributed by atoms with Gasteiger partial charge in [-0.05, 0) is 66.0 Å². The number of hydrogen-bond donors (Lipinski definition) is 2. The minimum Gasteiger partial charge on any atom is -0.397 e. The van der Waals surface area contributed by atoms with E-state index in [4.69, 9.17) is 10.5 Å². The van der Waals surface area contributed by atoms with Gasteiger partial charge in [0.2, 0.25) is 0 Å². The molecule has 2 aliphatic carbocycles. The summed E-state index contributed by atoms with van der Waals surface area (Å²) >= 11 is 0. The van der Waals surface area contributed by atoms with E-state index in [1.54, 1.807) is 0 Å². The third-order valence-corrected chi connectivity index (χ3v) is 8.60. The Morgan fingerprint density at radius 3 is 2.73 bits per heavy atom. The summed E-state index contributed by atoms with van der Waals surface area (Å²) in [5, 5.41) is 3.22. The lowest BCUT2D eigenvalue weighted by atomic mass is 9.84. The summed E-state index contributed by atoms with van der Waals surface area (Å²) in [7, 11) is 1.93. The van der Waals surface area contributed by atoms with Gasteiger partial charge < -0.3 is 15.8 Å². The molecule has 0 spiro atoms. The van der Waals surface area contributed by atoms with Crippen molar-refractivity contribution in [2.75, 3.05) is 37.8 Å². The van der Waals surface area contributed by atoms with Gasteiger partial charge in [0.1, 0.15) is 0 Å². The molecule has 3 unspecified atom stereocenters. The van der Waals surface area contributed by atoms with Crippen LogP contribution in [0.4, 0.5) is 11.4 Å². The maximum absolute atomic E-state index is 6.46. The van der Waals surface area contributed by atoms with E-state index in [1.807, 2.05) is 7.05 Å². The maximum Gasteiger partial charge on any atom is 0.0812 e. The molecule has 1 aliphatic heterocycles. The van der Waals surface area contributed by atoms with Crippen LogP contribution >= 0.6 is 0 Å². The standard InChI is InChI=1S/C29H41N3O/c1-4-23(24-12-13-26(31-3)28(30)19(24)2)21-10-11-22-17-27-29(25(22)16-21)32(14-15-33-27)18-20-8-6-5-7-9-20/h10-13,16,20,23,27,29,31H,4-9,14-15,17-18,30H2,1-3H3. The maximum atomic E-state index is 6.46. The molecular weight excluding hydrogens is 406 g/mol. The molecule has 0 radical (unpaired) electrons. The molecule has 4 heteroatoms. The highest BCUT2D eigenvalue weighted by molar-refractivity contribution is 5.72. The van der Waals surface area contributed by atoms with E-state index in [1.165, 1.54) is 66.5 Å². The molecule has 2 aromatic rings. The van der Waals surface area contributed by atoms with Crippen molar-refractivity contribution in [3.8, 4) is 0 Å². The molecule has 0 amide bonds. The summed E-state index contributed by atoms with van der Waals surface area (Å²) in [6, 6.07) is 12.1. The number of rotatable bonds is 6. The summed E-state index contributed by atoms with van der Waals surface area (Å²) in [6.07, 6.45) is 9.50. The van der Waals surface area contributed by atoms with E-state index in [9.17, 15) is 0 Å². The topological polar surface area (TPSA) is 50.5 Å². The zero-order valence-electron chi connectivity index (χ0n) is 20.7. The molecule has 3 N–H and O–H groups in total. The predicted molar refractivity (Wildman–Crippen MR) is 138 cm³/mol. The van der Waals surface area contributed by atoms with Crippen LogP contribution in [0.1, 0.15) is 85.2 Å². The Labute approximate surface area is 199 Å². The molecule has 2 aromatic carbocycles. The first kappa shape index (κ1) is 22.7. The SMILES string of the molecule is CCC(c1ccc2c(c1)C1C(C2)OCCN1CC1CCCCC1)c1ccc(NC)c(N)c1C. The van der Waals surface area contributed by atoms with Gasteiger partial charge >= 0.3 is 0 Å². The van der Waals surface area contributed by atoms with Crippen molar-refractivity contribution >= 4 is 11.4 Å². The van der Waals surface area contributed by atoms with E-state index in [0.717, 1.165) is 43.3 Å². The zero-order valence-corrected chi connectivity index (χ0v) is 20.7. The molecule has 0 aromatic heterocycles. The fraction of sp³-hybridized carbons (Fsp3) is 0.586. The molecule has 1 saturated heterocycles. The van der Waals surface area contributed by atoms with Crippen LogP contribution in [0.5, 0.6) is 0 Å². The number of nitrogens with zero attached hydrogens (tertiary/aromatic N) is 1. The normalized spacial score (nSPS) is 24.3. The number of ether oxygens (including phenoxy) is 1. The third kappa shape index (κ3) is 4.28. The summed E-state index contributed by atoms with van der Waals surface area (Å²) in [5.74, 6) is 1.23. The summed E-state index contributed by atoms with van der Waals surface area (Å²) in [4.78, 5) is 2.77. The van der Waals surface area contributed by atoms with Crippen molar-refractivity contribution in [2.24, 2.45) is 5.92 Å². The van der Waals surface area contributed by atoms with Crippen LogP contribution in [0.2, 0.25) is 0 Å². The summed E-state index contributed by atoms with van der Waals surface area (Å²) in [6.45, 7) is 7.65. The monoisotopic (exact) mass is 447 g/mol. The lowest BCUT2D eigenvalue weighted by molar-refractivity contribution is -0.0694. The van der Waals surface area contributed by atoms with Crippen LogP contribution in [0, 0.1) is 12.8 Å². The van der Waals surface area contributed by atoms with Crippen LogP contribution in [0.3, 0.4) is 0 Å². The Balaban J connectivity index is 1.45. The number of anilines is 2. The van der Waals surface area contributed by atoms with Gasteiger partial charge in [-0.1, -0.05) is 50.5 Å². The predicted octanol–water partition coefficient (Wildman–Crippen LogP) is 6.04. The molecule has 3 aliphatic rings. The largest absolute Gasteiger partial charge is 0.397 e. The number of nitrogen functional groups attached to an aromatic ring is 1. The van der Waals surface area contributed by atoms with Crippen molar-refractivity contribution in [1.29, 1.82) is 0 Å². The Kier molecular flexibility index (Phi) is 6.67. The van der Waals surface area contributed by atoms with E-state index in [0.29, 0.717) is 18.1 Å². The number of nitrogens with two attached hydrogens (primary N) is 1. The smallest absolute Gasteiger partial charge is 0.0812 e. The lowest BCUT2D eigenvalue weighted by Crippen LogP contribution is -2.45. The third-order valence-electron chi connectivity index (χ3n) is 8.60. The van der Waals surface area contributed by atoms with Crippen LogP contribution in [-0.2, 0) is 11.2 Å². The Morgan fingerprint density at radius 1 is 1.15 bits per heavy atom. The van der Waals surface area contributed by atoms with Gasteiger partial charge in [-0.3, -0.25) is 4.90 Å². The molecule has 33 heavy (non-hydrogen) atoms. The number of nitrogens with one attached hydrogen (secondary N) is 1. The molecule has 1 heterocycles. The van der Waals surface area contributed by atoms with E-state index >= 15 is 0 Å². The lowest BCUT2D eigenvalue weighted by Gasteiger charge is -2.40. The van der Waals surface area contributed by atoms with Crippen molar-refractivity contribution in [2.45, 2.75) is 76.9 Å². The molecule has 1 saturated carbocycles. The Bertz CT molecular complexity index is 981. The first-order valence-corrected chi connectivity index (χ1v) is 13.2. The first-order chi connectivity index (χ1) is 16.1. The zero-order chi connectivity index (χ0) is 22.9. The van der Waals surface area contributed by atoms with E-state index in [2.05, 4.69) is 54.4 Å². The highest BCUT2D eigenvalue weighted by Gasteiger charge is 2.41. The van der Waals surface area contributed by atoms with Crippen molar-refractivity contribution in [3.63, 3.8) is 0 Å². The van der Waals surface area contributed by atoms with Gasteiger partial charge in [0.15, 0.2) is 0 Å².